The molecule has 2 amide bonds. The summed E-state index contributed by atoms with van der Waals surface area (Å²) in [6.45, 7) is 6.63. The van der Waals surface area contributed by atoms with Crippen molar-refractivity contribution in [2.24, 2.45) is 5.92 Å². The van der Waals surface area contributed by atoms with Gasteiger partial charge in [-0.3, -0.25) is 14.4 Å². The number of allylic oxidation sites excluding steroid dienone is 1. The molecule has 3 N–H and O–H groups in total. The molecule has 0 aliphatic rings. The summed E-state index contributed by atoms with van der Waals surface area (Å²) in [6, 6.07) is 6.38. The highest BCUT2D eigenvalue weighted by Gasteiger charge is 2.46. The second-order valence-corrected chi connectivity index (χ2v) is 12.9. The summed E-state index contributed by atoms with van der Waals surface area (Å²) in [5.74, 6) is -2.87. The molecule has 0 fully saturated rings. The quantitative estimate of drug-likeness (QED) is 0.0682. The van der Waals surface area contributed by atoms with Gasteiger partial charge in [-0.15, -0.1) is 0 Å². The summed E-state index contributed by atoms with van der Waals surface area (Å²) in [5.41, 5.74) is -1.52. The zero-order valence-electron chi connectivity index (χ0n) is 29.7. The molecule has 0 radical (unpaired) electrons. The van der Waals surface area contributed by atoms with E-state index >= 15 is 0 Å². The van der Waals surface area contributed by atoms with E-state index in [0.717, 1.165) is 62.7 Å². The molecule has 0 aliphatic heterocycles. The van der Waals surface area contributed by atoms with Crippen LogP contribution in [0.15, 0.2) is 36.4 Å². The fourth-order valence-corrected chi connectivity index (χ4v) is 5.53. The van der Waals surface area contributed by atoms with Gasteiger partial charge in [0.05, 0.1) is 12.5 Å². The molecular weight excluding hydrogens is 596 g/mol. The van der Waals surface area contributed by atoms with Crippen molar-refractivity contribution in [3.63, 3.8) is 0 Å². The number of aliphatic hydroxyl groups is 1. The molecule has 1 aromatic carbocycles. The van der Waals surface area contributed by atoms with Crippen LogP contribution < -0.4 is 10.1 Å². The van der Waals surface area contributed by atoms with E-state index in [1.807, 2.05) is 24.3 Å². The minimum absolute atomic E-state index is 0.122. The first-order chi connectivity index (χ1) is 22.5. The van der Waals surface area contributed by atoms with E-state index in [1.54, 1.807) is 27.1 Å². The number of carbonyl (C=O) groups excluding carboxylic acids is 3. The van der Waals surface area contributed by atoms with Crippen LogP contribution in [0.1, 0.15) is 129 Å². The first kappa shape index (κ1) is 41.8. The van der Waals surface area contributed by atoms with Crippen LogP contribution in [0.5, 0.6) is 5.75 Å². The zero-order chi connectivity index (χ0) is 35.1. The van der Waals surface area contributed by atoms with Crippen LogP contribution in [0.3, 0.4) is 0 Å². The Labute approximate surface area is 283 Å². The molecule has 1 aromatic rings. The Balaban J connectivity index is 2.87. The van der Waals surface area contributed by atoms with Crippen LogP contribution >= 0.6 is 0 Å². The highest BCUT2D eigenvalue weighted by Crippen LogP contribution is 2.27. The predicted molar refractivity (Wildman–Crippen MR) is 187 cm³/mol. The third-order valence-electron chi connectivity index (χ3n) is 8.45. The van der Waals surface area contributed by atoms with Gasteiger partial charge in [0.2, 0.25) is 11.8 Å². The Bertz CT molecular complexity index is 1090. The maximum Gasteiger partial charge on any atom is 0.336 e. The number of aliphatic carboxylic acids is 1. The number of likely N-dealkylation sites (N-methyl/N-ethyl adjacent to an activating group) is 1. The first-order valence-electron chi connectivity index (χ1n) is 17.9. The standard InChI is InChI=1S/C38H62N2O7/c1-6-9-11-14-17-20-31(41)21-18-15-12-13-16-19-22-33(38(46,27-8-3)37(44)45)35(42)39-34(36(43)40(4)5)29-30-23-25-32(26-24-30)47-28-10-7-2/h19,22-26,33-34,46H,6-18,20-21,27-29H2,1-5H3,(H,39,42)(H,44,45)/b22-19+/t33-,34+,38+/m1/s1. The highest BCUT2D eigenvalue weighted by molar-refractivity contribution is 5.93. The zero-order valence-corrected chi connectivity index (χ0v) is 29.7. The number of Topliss-reactive ketones (excluding diaryl/α,β-unsaturated/α-hetero) is 1. The topological polar surface area (TPSA) is 133 Å². The Hall–Kier alpha value is -3.20. The minimum atomic E-state index is -2.32. The van der Waals surface area contributed by atoms with E-state index < -0.39 is 29.4 Å². The van der Waals surface area contributed by atoms with Crippen LogP contribution in [0, 0.1) is 5.92 Å². The van der Waals surface area contributed by atoms with Crippen molar-refractivity contribution in [1.29, 1.82) is 0 Å². The fraction of sp³-hybridized carbons (Fsp3) is 0.684. The van der Waals surface area contributed by atoms with Crippen LogP contribution in [-0.2, 0) is 25.6 Å². The number of benzene rings is 1. The summed E-state index contributed by atoms with van der Waals surface area (Å²) in [4.78, 5) is 52.6. The molecule has 266 valence electrons. The SMILES string of the molecule is CCCCCCCC(=O)CCCCCC/C=C/[C@H](C(=O)N[C@@H](Cc1ccc(OCCCC)cc1)C(=O)N(C)C)[C@@](O)(CCC)C(=O)O. The van der Waals surface area contributed by atoms with Crippen molar-refractivity contribution in [1.82, 2.24) is 10.2 Å². The summed E-state index contributed by atoms with van der Waals surface area (Å²) in [5, 5.41) is 24.0. The van der Waals surface area contributed by atoms with Crippen LogP contribution in [0.25, 0.3) is 0 Å². The Morgan fingerprint density at radius 1 is 0.851 bits per heavy atom. The van der Waals surface area contributed by atoms with Gasteiger partial charge in [0, 0.05) is 33.4 Å². The molecule has 0 bridgehead atoms. The lowest BCUT2D eigenvalue weighted by Gasteiger charge is -2.31. The van der Waals surface area contributed by atoms with Gasteiger partial charge in [0.15, 0.2) is 5.60 Å². The van der Waals surface area contributed by atoms with Gasteiger partial charge in [-0.1, -0.05) is 96.4 Å². The number of hydrogen-bond acceptors (Lipinski definition) is 6. The molecule has 0 unspecified atom stereocenters. The fourth-order valence-electron chi connectivity index (χ4n) is 5.53. The number of nitrogens with zero attached hydrogens (tertiary/aromatic N) is 1. The van der Waals surface area contributed by atoms with Gasteiger partial charge in [0.1, 0.15) is 17.6 Å². The molecule has 1 rings (SSSR count). The van der Waals surface area contributed by atoms with Crippen molar-refractivity contribution < 1.29 is 34.1 Å². The normalized spacial score (nSPS) is 13.9. The van der Waals surface area contributed by atoms with Crippen LogP contribution in [0.2, 0.25) is 0 Å². The van der Waals surface area contributed by atoms with Gasteiger partial charge < -0.3 is 25.2 Å². The highest BCUT2D eigenvalue weighted by atomic mass is 16.5. The van der Waals surface area contributed by atoms with Gasteiger partial charge in [-0.25, -0.2) is 4.79 Å². The third kappa shape index (κ3) is 16.5. The number of nitrogens with one attached hydrogen (secondary N) is 1. The molecule has 0 spiro atoms. The Kier molecular flexibility index (Phi) is 21.4. The van der Waals surface area contributed by atoms with E-state index in [1.165, 1.54) is 30.2 Å². The molecule has 3 atom stereocenters. The molecule has 0 saturated heterocycles. The van der Waals surface area contributed by atoms with E-state index in [4.69, 9.17) is 4.74 Å². The molecule has 0 aromatic heterocycles. The number of carbonyl (C=O) groups is 4. The average Bonchev–Trinajstić information content (AvgIpc) is 3.04. The molecule has 9 heteroatoms. The molecule has 0 aliphatic carbocycles. The maximum absolute atomic E-state index is 13.7. The van der Waals surface area contributed by atoms with E-state index in [-0.39, 0.29) is 18.7 Å². The van der Waals surface area contributed by atoms with Crippen molar-refractivity contribution in [2.45, 2.75) is 142 Å². The van der Waals surface area contributed by atoms with E-state index in [0.29, 0.717) is 38.1 Å². The summed E-state index contributed by atoms with van der Waals surface area (Å²) < 4.78 is 5.73. The van der Waals surface area contributed by atoms with Crippen molar-refractivity contribution in [3.05, 3.63) is 42.0 Å². The van der Waals surface area contributed by atoms with Crippen LogP contribution in [-0.4, -0.2) is 71.0 Å². The van der Waals surface area contributed by atoms with Gasteiger partial charge in [-0.05, 0) is 56.2 Å². The second kappa shape index (κ2) is 24.0. The van der Waals surface area contributed by atoms with Crippen LogP contribution in [0.4, 0.5) is 0 Å². The number of carboxylic acids is 1. The molecule has 47 heavy (non-hydrogen) atoms. The summed E-state index contributed by atoms with van der Waals surface area (Å²) in [7, 11) is 3.19. The summed E-state index contributed by atoms with van der Waals surface area (Å²) >= 11 is 0. The molecule has 0 saturated carbocycles. The lowest BCUT2D eigenvalue weighted by molar-refractivity contribution is -0.167. The molecular formula is C38H62N2O7. The second-order valence-electron chi connectivity index (χ2n) is 12.9. The number of carboxylic acid groups (broad SMARTS) is 1. The summed E-state index contributed by atoms with van der Waals surface area (Å²) in [6.07, 6.45) is 16.7. The number of rotatable bonds is 27. The number of unbranched alkanes of at least 4 members (excludes halogenated alkanes) is 9. The van der Waals surface area contributed by atoms with Gasteiger partial charge >= 0.3 is 5.97 Å². The largest absolute Gasteiger partial charge is 0.494 e. The third-order valence-corrected chi connectivity index (χ3v) is 8.45. The van der Waals surface area contributed by atoms with Crippen molar-refractivity contribution >= 4 is 23.6 Å². The first-order valence-corrected chi connectivity index (χ1v) is 17.9. The lowest BCUT2D eigenvalue weighted by Crippen LogP contribution is -2.55. The van der Waals surface area contributed by atoms with Crippen molar-refractivity contribution in [3.8, 4) is 5.75 Å². The number of amides is 2. The molecule has 0 heterocycles. The number of hydrogen-bond donors (Lipinski definition) is 3. The Morgan fingerprint density at radius 2 is 1.45 bits per heavy atom. The predicted octanol–water partition coefficient (Wildman–Crippen LogP) is 7.04. The monoisotopic (exact) mass is 658 g/mol. The van der Waals surface area contributed by atoms with Gasteiger partial charge in [0.25, 0.3) is 0 Å². The number of ether oxygens (including phenoxy) is 1. The van der Waals surface area contributed by atoms with Crippen molar-refractivity contribution in [2.75, 3.05) is 20.7 Å². The van der Waals surface area contributed by atoms with Gasteiger partial charge in [-0.2, -0.15) is 0 Å². The Morgan fingerprint density at radius 3 is 2.00 bits per heavy atom. The lowest BCUT2D eigenvalue weighted by atomic mass is 9.82. The average molecular weight is 659 g/mol. The van der Waals surface area contributed by atoms with E-state index in [2.05, 4.69) is 19.2 Å². The van der Waals surface area contributed by atoms with E-state index in [9.17, 15) is 29.4 Å². The number of ketones is 1. The smallest absolute Gasteiger partial charge is 0.336 e. The maximum atomic E-state index is 13.7. The molecule has 9 nitrogen and oxygen atoms in total. The minimum Gasteiger partial charge on any atom is -0.494 e.